The van der Waals surface area contributed by atoms with E-state index in [0.717, 1.165) is 17.7 Å². The van der Waals surface area contributed by atoms with Gasteiger partial charge in [0.2, 0.25) is 5.91 Å². The Morgan fingerprint density at radius 3 is 2.59 bits per heavy atom. The fourth-order valence-corrected chi connectivity index (χ4v) is 4.65. The van der Waals surface area contributed by atoms with E-state index in [0.29, 0.717) is 25.3 Å². The SMILES string of the molecule is CCN(C(=O)C12CCC(CC1=O)C2(C)C)c1cccc(C)c1. The summed E-state index contributed by atoms with van der Waals surface area (Å²) in [4.78, 5) is 27.9. The number of carbonyl (C=O) groups is 2. The van der Waals surface area contributed by atoms with Crippen LogP contribution >= 0.6 is 0 Å². The van der Waals surface area contributed by atoms with Gasteiger partial charge < -0.3 is 4.90 Å². The van der Waals surface area contributed by atoms with Gasteiger partial charge in [-0.15, -0.1) is 0 Å². The Morgan fingerprint density at radius 1 is 1.36 bits per heavy atom. The number of anilines is 1. The van der Waals surface area contributed by atoms with Gasteiger partial charge >= 0.3 is 0 Å². The van der Waals surface area contributed by atoms with E-state index >= 15 is 0 Å². The van der Waals surface area contributed by atoms with Crippen molar-refractivity contribution in [1.29, 1.82) is 0 Å². The highest BCUT2D eigenvalue weighted by molar-refractivity contribution is 6.15. The molecule has 1 aromatic carbocycles. The topological polar surface area (TPSA) is 37.4 Å². The van der Waals surface area contributed by atoms with Gasteiger partial charge in [-0.1, -0.05) is 26.0 Å². The monoisotopic (exact) mass is 299 g/mol. The zero-order valence-corrected chi connectivity index (χ0v) is 14.0. The van der Waals surface area contributed by atoms with Crippen molar-refractivity contribution in [3.8, 4) is 0 Å². The van der Waals surface area contributed by atoms with E-state index < -0.39 is 5.41 Å². The van der Waals surface area contributed by atoms with E-state index in [-0.39, 0.29) is 17.1 Å². The molecule has 2 saturated carbocycles. The summed E-state index contributed by atoms with van der Waals surface area (Å²) in [5.41, 5.74) is 0.999. The minimum absolute atomic E-state index is 0.00981. The lowest BCUT2D eigenvalue weighted by atomic mass is 9.68. The summed E-state index contributed by atoms with van der Waals surface area (Å²) in [5.74, 6) is 0.528. The van der Waals surface area contributed by atoms with E-state index in [1.165, 1.54) is 0 Å². The Kier molecular flexibility index (Phi) is 3.42. The number of aryl methyl sites for hydroxylation is 1. The molecular weight excluding hydrogens is 274 g/mol. The molecule has 1 amide bonds. The predicted molar refractivity (Wildman–Crippen MR) is 87.8 cm³/mol. The van der Waals surface area contributed by atoms with Crippen LogP contribution in [0.1, 0.15) is 45.6 Å². The highest BCUT2D eigenvalue weighted by atomic mass is 16.2. The number of benzene rings is 1. The Morgan fingerprint density at radius 2 is 2.09 bits per heavy atom. The second-order valence-corrected chi connectivity index (χ2v) is 7.38. The smallest absolute Gasteiger partial charge is 0.241 e. The van der Waals surface area contributed by atoms with Crippen molar-refractivity contribution < 1.29 is 9.59 Å². The van der Waals surface area contributed by atoms with Gasteiger partial charge in [0.25, 0.3) is 0 Å². The maximum Gasteiger partial charge on any atom is 0.241 e. The van der Waals surface area contributed by atoms with Crippen LogP contribution < -0.4 is 4.90 Å². The Bertz CT molecular complexity index is 634. The molecule has 2 fully saturated rings. The van der Waals surface area contributed by atoms with E-state index in [2.05, 4.69) is 13.8 Å². The largest absolute Gasteiger partial charge is 0.312 e. The first kappa shape index (κ1) is 15.3. The van der Waals surface area contributed by atoms with Crippen LogP contribution in [0.15, 0.2) is 24.3 Å². The van der Waals surface area contributed by atoms with Gasteiger partial charge in [0.1, 0.15) is 11.2 Å². The van der Waals surface area contributed by atoms with E-state index in [1.807, 2.05) is 38.1 Å². The number of Topliss-reactive ketones (excluding diaryl/α,β-unsaturated/α-hetero) is 1. The minimum atomic E-state index is -0.808. The van der Waals surface area contributed by atoms with Crippen molar-refractivity contribution in [1.82, 2.24) is 0 Å². The Hall–Kier alpha value is -1.64. The van der Waals surface area contributed by atoms with Gasteiger partial charge in [-0.2, -0.15) is 0 Å². The lowest BCUT2D eigenvalue weighted by molar-refractivity contribution is -0.143. The van der Waals surface area contributed by atoms with Crippen molar-refractivity contribution in [2.24, 2.45) is 16.7 Å². The molecule has 3 heteroatoms. The molecule has 1 aromatic rings. The summed E-state index contributed by atoms with van der Waals surface area (Å²) in [6, 6.07) is 7.98. The molecule has 0 spiro atoms. The first-order chi connectivity index (χ1) is 10.3. The van der Waals surface area contributed by atoms with Gasteiger partial charge in [-0.05, 0) is 55.7 Å². The van der Waals surface area contributed by atoms with E-state index in [1.54, 1.807) is 4.90 Å². The average Bonchev–Trinajstić information content (AvgIpc) is 2.83. The van der Waals surface area contributed by atoms with Crippen LogP contribution in [0, 0.1) is 23.7 Å². The van der Waals surface area contributed by atoms with Gasteiger partial charge in [-0.25, -0.2) is 0 Å². The number of fused-ring (bicyclic) bond motifs is 2. The Labute approximate surface area is 132 Å². The average molecular weight is 299 g/mol. The predicted octanol–water partition coefficient (Wildman–Crippen LogP) is 3.74. The second kappa shape index (κ2) is 4.94. The molecule has 3 nitrogen and oxygen atoms in total. The molecule has 0 aromatic heterocycles. The number of nitrogens with zero attached hydrogens (tertiary/aromatic N) is 1. The maximum atomic E-state index is 13.4. The number of carbonyl (C=O) groups excluding carboxylic acids is 2. The molecule has 0 heterocycles. The van der Waals surface area contributed by atoms with Gasteiger partial charge in [0, 0.05) is 18.7 Å². The van der Waals surface area contributed by atoms with Crippen molar-refractivity contribution >= 4 is 17.4 Å². The molecule has 2 aliphatic rings. The van der Waals surface area contributed by atoms with E-state index in [9.17, 15) is 9.59 Å². The quantitative estimate of drug-likeness (QED) is 0.797. The lowest BCUT2D eigenvalue weighted by Gasteiger charge is -2.39. The van der Waals surface area contributed by atoms with Crippen LogP contribution in [0.2, 0.25) is 0 Å². The highest BCUT2D eigenvalue weighted by Crippen LogP contribution is 2.64. The summed E-state index contributed by atoms with van der Waals surface area (Å²) in [6.45, 7) is 8.82. The molecule has 0 radical (unpaired) electrons. The molecule has 2 bridgehead atoms. The summed E-state index contributed by atoms with van der Waals surface area (Å²) in [7, 11) is 0. The van der Waals surface area contributed by atoms with Crippen LogP contribution in [0.3, 0.4) is 0 Å². The third-order valence-electron chi connectivity index (χ3n) is 6.14. The number of hydrogen-bond donors (Lipinski definition) is 0. The molecule has 0 saturated heterocycles. The highest BCUT2D eigenvalue weighted by Gasteiger charge is 2.68. The van der Waals surface area contributed by atoms with Gasteiger partial charge in [0.05, 0.1) is 0 Å². The summed E-state index contributed by atoms with van der Waals surface area (Å²) in [5, 5.41) is 0. The molecular formula is C19H25NO2. The fourth-order valence-electron chi connectivity index (χ4n) is 4.65. The number of amides is 1. The molecule has 2 unspecified atom stereocenters. The number of ketones is 1. The normalized spacial score (nSPS) is 28.9. The first-order valence-electron chi connectivity index (χ1n) is 8.26. The first-order valence-corrected chi connectivity index (χ1v) is 8.26. The molecule has 22 heavy (non-hydrogen) atoms. The third kappa shape index (κ3) is 1.81. The lowest BCUT2D eigenvalue weighted by Crippen LogP contribution is -2.51. The third-order valence-corrected chi connectivity index (χ3v) is 6.14. The Balaban J connectivity index is 2.03. The standard InChI is InChI=1S/C19H25NO2/c1-5-20(15-8-6-7-13(2)11-15)17(22)19-10-9-14(12-16(19)21)18(19,3)4/h6-8,11,14H,5,9-10,12H2,1-4H3. The summed E-state index contributed by atoms with van der Waals surface area (Å²) >= 11 is 0. The van der Waals surface area contributed by atoms with Crippen LogP contribution in [0.4, 0.5) is 5.69 Å². The number of rotatable bonds is 3. The molecule has 118 valence electrons. The molecule has 0 aliphatic heterocycles. The summed E-state index contributed by atoms with van der Waals surface area (Å²) < 4.78 is 0. The molecule has 3 rings (SSSR count). The molecule has 2 atom stereocenters. The second-order valence-electron chi connectivity index (χ2n) is 7.38. The number of hydrogen-bond acceptors (Lipinski definition) is 2. The van der Waals surface area contributed by atoms with Crippen molar-refractivity contribution in [3.05, 3.63) is 29.8 Å². The zero-order valence-electron chi connectivity index (χ0n) is 14.0. The fraction of sp³-hybridized carbons (Fsp3) is 0.579. The van der Waals surface area contributed by atoms with Crippen LogP contribution in [0.25, 0.3) is 0 Å². The van der Waals surface area contributed by atoms with Crippen LogP contribution in [-0.2, 0) is 9.59 Å². The van der Waals surface area contributed by atoms with Crippen LogP contribution in [-0.4, -0.2) is 18.2 Å². The molecule has 0 N–H and O–H groups in total. The summed E-state index contributed by atoms with van der Waals surface area (Å²) in [6.07, 6.45) is 2.28. The van der Waals surface area contributed by atoms with Crippen molar-refractivity contribution in [2.75, 3.05) is 11.4 Å². The van der Waals surface area contributed by atoms with Crippen molar-refractivity contribution in [3.63, 3.8) is 0 Å². The van der Waals surface area contributed by atoms with Gasteiger partial charge in [-0.3, -0.25) is 9.59 Å². The van der Waals surface area contributed by atoms with E-state index in [4.69, 9.17) is 0 Å². The van der Waals surface area contributed by atoms with Gasteiger partial charge in [0.15, 0.2) is 0 Å². The van der Waals surface area contributed by atoms with Crippen LogP contribution in [0.5, 0.6) is 0 Å². The minimum Gasteiger partial charge on any atom is -0.312 e. The molecule has 2 aliphatic carbocycles. The zero-order chi connectivity index (χ0) is 16.1. The van der Waals surface area contributed by atoms with Crippen molar-refractivity contribution in [2.45, 2.75) is 47.0 Å². The maximum absolute atomic E-state index is 13.4.